The lowest BCUT2D eigenvalue weighted by atomic mass is 10.0. The first kappa shape index (κ1) is 44.7. The number of unbranched alkanes of at least 4 members (excludes halogenated alkanes) is 30. The van der Waals surface area contributed by atoms with Gasteiger partial charge in [0.1, 0.15) is 12.0 Å². The van der Waals surface area contributed by atoms with Crippen molar-refractivity contribution in [3.63, 3.8) is 0 Å². The molecule has 288 valence electrons. The van der Waals surface area contributed by atoms with Gasteiger partial charge in [0.15, 0.2) is 0 Å². The van der Waals surface area contributed by atoms with Gasteiger partial charge in [-0.05, 0) is 30.7 Å². The van der Waals surface area contributed by atoms with Crippen LogP contribution in [0.15, 0.2) is 34.3 Å². The van der Waals surface area contributed by atoms with Crippen LogP contribution in [0.2, 0.25) is 0 Å². The number of hydrogen-bond acceptors (Lipinski definition) is 6. The summed E-state index contributed by atoms with van der Waals surface area (Å²) >= 11 is 5.20. The minimum absolute atomic E-state index is 0.104. The van der Waals surface area contributed by atoms with Gasteiger partial charge in [0.05, 0.1) is 4.90 Å². The van der Waals surface area contributed by atoms with E-state index in [9.17, 15) is 8.42 Å². The van der Waals surface area contributed by atoms with E-state index in [1.54, 1.807) is 17.5 Å². The van der Waals surface area contributed by atoms with Gasteiger partial charge in [0.25, 0.3) is 0 Å². The Bertz CT molecular complexity index is 1090. The van der Waals surface area contributed by atoms with Crippen molar-refractivity contribution < 1.29 is 8.42 Å². The zero-order valence-electron chi connectivity index (χ0n) is 32.2. The summed E-state index contributed by atoms with van der Waals surface area (Å²) in [7, 11) is -3.72. The Morgan fingerprint density at radius 1 is 0.600 bits per heavy atom. The molecule has 0 saturated heterocycles. The molecule has 1 heterocycles. The first-order chi connectivity index (χ1) is 24.5. The summed E-state index contributed by atoms with van der Waals surface area (Å²) in [6, 6.07) is 6.59. The Balaban J connectivity index is 1.29. The summed E-state index contributed by atoms with van der Waals surface area (Å²) in [5.74, 6) is 0.940. The highest BCUT2D eigenvalue weighted by Crippen LogP contribution is 2.24. The number of primary sulfonamides is 1. The molecule has 1 atom stereocenters. The third kappa shape index (κ3) is 21.8. The van der Waals surface area contributed by atoms with Crippen LogP contribution in [0.3, 0.4) is 0 Å². The molecule has 1 aromatic rings. The van der Waals surface area contributed by atoms with Gasteiger partial charge in [-0.2, -0.15) is 5.10 Å². The molecule has 6 nitrogen and oxygen atoms in total. The van der Waals surface area contributed by atoms with Crippen molar-refractivity contribution in [2.45, 2.75) is 223 Å². The second-order valence-corrected chi connectivity index (χ2v) is 16.8. The molecule has 3 N–H and O–H groups in total. The van der Waals surface area contributed by atoms with Gasteiger partial charge >= 0.3 is 0 Å². The smallest absolute Gasteiger partial charge is 0.238 e. The lowest BCUT2D eigenvalue weighted by Crippen LogP contribution is -2.41. The van der Waals surface area contributed by atoms with E-state index in [4.69, 9.17) is 17.4 Å². The highest BCUT2D eigenvalue weighted by molar-refractivity contribution is 7.89. The maximum absolute atomic E-state index is 11.6. The summed E-state index contributed by atoms with van der Waals surface area (Å²) in [5, 5.41) is 11.4. The summed E-state index contributed by atoms with van der Waals surface area (Å²) in [6.07, 6.45) is 44.4. The van der Waals surface area contributed by atoms with E-state index in [-0.39, 0.29) is 11.1 Å². The molecule has 0 fully saturated rings. The van der Waals surface area contributed by atoms with E-state index in [1.807, 2.05) is 4.90 Å². The van der Waals surface area contributed by atoms with Gasteiger partial charge in [-0.1, -0.05) is 212 Å². The number of nitrogens with two attached hydrogens (primary N) is 1. The van der Waals surface area contributed by atoms with Crippen LogP contribution >= 0.6 is 12.2 Å². The lowest BCUT2D eigenvalue weighted by molar-refractivity contribution is 0.512. The lowest BCUT2D eigenvalue weighted by Gasteiger charge is -2.24. The van der Waals surface area contributed by atoms with Gasteiger partial charge < -0.3 is 4.90 Å². The Labute approximate surface area is 314 Å². The molecule has 0 saturated carbocycles. The number of hydrazone groups is 1. The number of rotatable bonds is 35. The summed E-state index contributed by atoms with van der Waals surface area (Å²) in [6.45, 7) is 2.30. The number of amidine groups is 1. The number of nitrogens with one attached hydrogen (secondary N) is 1. The van der Waals surface area contributed by atoms with E-state index in [0.717, 1.165) is 24.4 Å². The summed E-state index contributed by atoms with van der Waals surface area (Å²) in [5.41, 5.74) is 3.94. The first-order valence-corrected chi connectivity index (χ1v) is 23.2. The van der Waals surface area contributed by atoms with Gasteiger partial charge in [-0.25, -0.2) is 13.6 Å². The van der Waals surface area contributed by atoms with E-state index < -0.39 is 10.0 Å². The van der Waals surface area contributed by atoms with Crippen molar-refractivity contribution >= 4 is 39.1 Å². The number of thiocarbonyl (C=S) groups is 1. The molecule has 0 amide bonds. The molecule has 0 bridgehead atoms. The maximum atomic E-state index is 11.6. The van der Waals surface area contributed by atoms with Crippen molar-refractivity contribution in [1.82, 2.24) is 5.43 Å². The molecule has 50 heavy (non-hydrogen) atoms. The van der Waals surface area contributed by atoms with Crippen LogP contribution in [-0.4, -0.2) is 25.8 Å². The van der Waals surface area contributed by atoms with Crippen molar-refractivity contribution in [2.75, 3.05) is 4.90 Å². The number of nitrogens with zero attached hydrogens (tertiary/aromatic N) is 2. The average molecular weight is 733 g/mol. The molecule has 1 aliphatic heterocycles. The minimum Gasteiger partial charge on any atom is -0.302 e. The van der Waals surface area contributed by atoms with Gasteiger partial charge in [0, 0.05) is 17.5 Å². The molecule has 0 aromatic heterocycles. The Hall–Kier alpha value is -1.51. The van der Waals surface area contributed by atoms with Crippen molar-refractivity contribution in [3.05, 3.63) is 24.3 Å². The van der Waals surface area contributed by atoms with E-state index in [0.29, 0.717) is 0 Å². The van der Waals surface area contributed by atoms with Crippen LogP contribution in [0.4, 0.5) is 5.69 Å². The molecular formula is C42H76N4O2S2. The zero-order valence-corrected chi connectivity index (χ0v) is 33.8. The fourth-order valence-corrected chi connectivity index (χ4v) is 7.97. The highest BCUT2D eigenvalue weighted by atomic mass is 32.2. The van der Waals surface area contributed by atoms with Crippen LogP contribution in [0, 0.1) is 0 Å². The fraction of sp³-hybridized carbons (Fsp3) is 0.810. The van der Waals surface area contributed by atoms with Crippen molar-refractivity contribution in [2.24, 2.45) is 10.2 Å². The van der Waals surface area contributed by atoms with Crippen LogP contribution < -0.4 is 15.5 Å². The van der Waals surface area contributed by atoms with Crippen LogP contribution in [0.25, 0.3) is 0 Å². The maximum Gasteiger partial charge on any atom is 0.238 e. The molecule has 0 aliphatic carbocycles. The number of sulfonamides is 1. The van der Waals surface area contributed by atoms with Crippen molar-refractivity contribution in [3.8, 4) is 0 Å². The quantitative estimate of drug-likeness (QED) is 0.0536. The number of anilines is 1. The Kier molecular flexibility index (Phi) is 26.8. The minimum atomic E-state index is -3.72. The number of benzene rings is 1. The van der Waals surface area contributed by atoms with Crippen LogP contribution in [0.5, 0.6) is 0 Å². The molecule has 8 heteroatoms. The predicted octanol–water partition coefficient (Wildman–Crippen LogP) is 12.9. The monoisotopic (exact) mass is 733 g/mol. The predicted molar refractivity (Wildman–Crippen MR) is 222 cm³/mol. The average Bonchev–Trinajstić information content (AvgIpc) is 3.53. The van der Waals surface area contributed by atoms with E-state index >= 15 is 0 Å². The third-order valence-electron chi connectivity index (χ3n) is 10.5. The molecule has 1 aromatic carbocycles. The van der Waals surface area contributed by atoms with Crippen molar-refractivity contribution in [1.29, 1.82) is 0 Å². The largest absolute Gasteiger partial charge is 0.302 e. The molecule has 1 unspecified atom stereocenters. The summed E-state index contributed by atoms with van der Waals surface area (Å²) in [4.78, 5) is 2.15. The third-order valence-corrected chi connectivity index (χ3v) is 11.6. The van der Waals surface area contributed by atoms with E-state index in [1.165, 1.54) is 205 Å². The molecule has 1 aliphatic rings. The van der Waals surface area contributed by atoms with E-state index in [2.05, 4.69) is 17.5 Å². The van der Waals surface area contributed by atoms with Gasteiger partial charge in [-0.3, -0.25) is 5.43 Å². The Morgan fingerprint density at radius 3 is 1.22 bits per heavy atom. The molecule has 2 rings (SSSR count). The summed E-state index contributed by atoms with van der Waals surface area (Å²) < 4.78 is 23.2. The second-order valence-electron chi connectivity index (χ2n) is 15.0. The number of hydrogen-bond donors (Lipinski definition) is 2. The topological polar surface area (TPSA) is 87.8 Å². The second kappa shape index (κ2) is 30.0. The fourth-order valence-electron chi connectivity index (χ4n) is 7.27. The first-order valence-electron chi connectivity index (χ1n) is 21.2. The zero-order chi connectivity index (χ0) is 36.0. The highest BCUT2D eigenvalue weighted by Gasteiger charge is 2.27. The van der Waals surface area contributed by atoms with Gasteiger partial charge in [0.2, 0.25) is 10.0 Å². The standard InChI is InChI=1S/C42H76N4O2S2/c1-2-3-4-5-6-7-8-9-10-11-12-13-14-15-16-17-18-19-20-21-22-23-24-25-26-27-28-29-30-31-32-33-41-44-45-42(38-49)46(41)39-34-36-40(37-35-39)50(43,47)48/h34-38,42,45H,2-33H2,1H3,(H2,43,47,48). The van der Waals surface area contributed by atoms with Gasteiger partial charge in [-0.15, -0.1) is 0 Å². The SMILES string of the molecule is CCCCCCCCCCCCCCCCCCCCCCCCCCCCCCCCCC1=NNC(C=S)N1c1ccc(S(N)(=O)=O)cc1. The van der Waals surface area contributed by atoms with Crippen LogP contribution in [-0.2, 0) is 10.0 Å². The Morgan fingerprint density at radius 2 is 0.920 bits per heavy atom. The van der Waals surface area contributed by atoms with Crippen LogP contribution in [0.1, 0.15) is 212 Å². The molecular weight excluding hydrogens is 657 g/mol. The molecule has 0 spiro atoms. The normalized spacial score (nSPS) is 14.6. The molecule has 0 radical (unpaired) electrons.